The molecule has 2 aliphatic rings. The fourth-order valence-corrected chi connectivity index (χ4v) is 3.72. The quantitative estimate of drug-likeness (QED) is 0.888. The van der Waals surface area contributed by atoms with Crippen molar-refractivity contribution in [1.29, 1.82) is 0 Å². The first-order valence-corrected chi connectivity index (χ1v) is 9.16. The number of carbonyl (C=O) groups excluding carboxylic acids is 2. The van der Waals surface area contributed by atoms with Gasteiger partial charge < -0.3 is 15.1 Å². The number of nitrogens with one attached hydrogen (secondary N) is 1. The number of hydrogen-bond donors (Lipinski definition) is 1. The molecule has 0 radical (unpaired) electrons. The predicted octanol–water partition coefficient (Wildman–Crippen LogP) is 2.17. The van der Waals surface area contributed by atoms with Crippen LogP contribution in [0.2, 0.25) is 0 Å². The molecule has 0 saturated carbocycles. The first-order valence-electron chi connectivity index (χ1n) is 9.16. The number of carbonyl (C=O) groups is 2. The summed E-state index contributed by atoms with van der Waals surface area (Å²) >= 11 is 0. The van der Waals surface area contributed by atoms with Gasteiger partial charge in [0.15, 0.2) is 0 Å². The van der Waals surface area contributed by atoms with Gasteiger partial charge in [-0.2, -0.15) is 0 Å². The Bertz CT molecular complexity index is 629. The second-order valence-electron chi connectivity index (χ2n) is 6.98. The van der Waals surface area contributed by atoms with Crippen molar-refractivity contribution in [1.82, 2.24) is 10.2 Å². The summed E-state index contributed by atoms with van der Waals surface area (Å²) in [6, 6.07) is 6.38. The van der Waals surface area contributed by atoms with Gasteiger partial charge in [0.2, 0.25) is 11.8 Å². The maximum Gasteiger partial charge on any atom is 0.227 e. The average molecular weight is 347 g/mol. The Kier molecular flexibility index (Phi) is 5.68. The Morgan fingerprint density at radius 3 is 2.68 bits per heavy atom. The van der Waals surface area contributed by atoms with E-state index < -0.39 is 11.7 Å². The third-order valence-electron chi connectivity index (χ3n) is 5.11. The molecule has 0 spiro atoms. The van der Waals surface area contributed by atoms with Gasteiger partial charge in [-0.15, -0.1) is 0 Å². The van der Waals surface area contributed by atoms with Crippen molar-refractivity contribution in [3.05, 3.63) is 30.1 Å². The summed E-state index contributed by atoms with van der Waals surface area (Å²) in [5.41, 5.74) is 0.260. The van der Waals surface area contributed by atoms with Gasteiger partial charge in [-0.3, -0.25) is 9.59 Å². The monoisotopic (exact) mass is 347 g/mol. The maximum absolute atomic E-state index is 13.9. The van der Waals surface area contributed by atoms with Crippen LogP contribution >= 0.6 is 0 Å². The Balaban J connectivity index is 1.54. The number of halogens is 1. The molecule has 1 atom stereocenters. The first-order chi connectivity index (χ1) is 12.1. The Morgan fingerprint density at radius 2 is 2.00 bits per heavy atom. The van der Waals surface area contributed by atoms with Crippen molar-refractivity contribution in [2.45, 2.75) is 38.6 Å². The fourth-order valence-electron chi connectivity index (χ4n) is 3.72. The molecule has 2 saturated heterocycles. The standard InChI is InChI=1S/C19H26FN3O2/c1-2-9-22-10-7-15(8-11-22)21-19(25)14-12-18(24)23(13-14)17-6-4-3-5-16(17)20/h3-6,14-15H,2,7-13H2,1H3,(H,21,25). The van der Waals surface area contributed by atoms with Crippen molar-refractivity contribution >= 4 is 17.5 Å². The second-order valence-corrected chi connectivity index (χ2v) is 6.98. The summed E-state index contributed by atoms with van der Waals surface area (Å²) in [6.07, 6.45) is 3.19. The minimum Gasteiger partial charge on any atom is -0.353 e. The molecule has 2 aliphatic heterocycles. The van der Waals surface area contributed by atoms with E-state index in [4.69, 9.17) is 0 Å². The van der Waals surface area contributed by atoms with E-state index in [1.54, 1.807) is 18.2 Å². The van der Waals surface area contributed by atoms with E-state index in [1.807, 2.05) is 0 Å². The highest BCUT2D eigenvalue weighted by Crippen LogP contribution is 2.27. The Hall–Kier alpha value is -1.95. The molecular formula is C19H26FN3O2. The zero-order chi connectivity index (χ0) is 17.8. The average Bonchev–Trinajstić information content (AvgIpc) is 2.99. The van der Waals surface area contributed by atoms with E-state index >= 15 is 0 Å². The second kappa shape index (κ2) is 7.95. The van der Waals surface area contributed by atoms with Gasteiger partial charge in [0.25, 0.3) is 0 Å². The molecule has 1 aromatic carbocycles. The van der Waals surface area contributed by atoms with E-state index in [9.17, 15) is 14.0 Å². The molecule has 1 unspecified atom stereocenters. The maximum atomic E-state index is 13.9. The molecule has 6 heteroatoms. The van der Waals surface area contributed by atoms with Crippen molar-refractivity contribution in [3.8, 4) is 0 Å². The minimum absolute atomic E-state index is 0.0823. The van der Waals surface area contributed by atoms with Crippen molar-refractivity contribution in [2.24, 2.45) is 5.92 Å². The lowest BCUT2D eigenvalue weighted by atomic mass is 10.0. The third kappa shape index (κ3) is 4.18. The van der Waals surface area contributed by atoms with E-state index in [1.165, 1.54) is 11.0 Å². The lowest BCUT2D eigenvalue weighted by Crippen LogP contribution is -2.46. The molecular weight excluding hydrogens is 321 g/mol. The van der Waals surface area contributed by atoms with Gasteiger partial charge in [0.05, 0.1) is 11.6 Å². The highest BCUT2D eigenvalue weighted by atomic mass is 19.1. The molecule has 2 fully saturated rings. The van der Waals surface area contributed by atoms with Crippen LogP contribution in [0.25, 0.3) is 0 Å². The van der Waals surface area contributed by atoms with E-state index in [2.05, 4.69) is 17.1 Å². The molecule has 1 N–H and O–H groups in total. The van der Waals surface area contributed by atoms with Crippen molar-refractivity contribution in [3.63, 3.8) is 0 Å². The molecule has 1 aromatic rings. The summed E-state index contributed by atoms with van der Waals surface area (Å²) in [4.78, 5) is 28.6. The molecule has 2 amide bonds. The zero-order valence-electron chi connectivity index (χ0n) is 14.7. The Morgan fingerprint density at radius 1 is 1.28 bits per heavy atom. The van der Waals surface area contributed by atoms with E-state index in [0.717, 1.165) is 38.9 Å². The number of amides is 2. The molecule has 0 aliphatic carbocycles. The van der Waals surface area contributed by atoms with E-state index in [0.29, 0.717) is 0 Å². The number of para-hydroxylation sites is 1. The van der Waals surface area contributed by atoms with Crippen LogP contribution in [0.15, 0.2) is 24.3 Å². The normalized spacial score (nSPS) is 22.4. The number of anilines is 1. The predicted molar refractivity (Wildman–Crippen MR) is 94.8 cm³/mol. The number of piperidine rings is 1. The summed E-state index contributed by atoms with van der Waals surface area (Å²) in [7, 11) is 0. The molecule has 3 rings (SSSR count). The molecule has 0 bridgehead atoms. The topological polar surface area (TPSA) is 52.7 Å². The number of nitrogens with zero attached hydrogens (tertiary/aromatic N) is 2. The highest BCUT2D eigenvalue weighted by Gasteiger charge is 2.37. The lowest BCUT2D eigenvalue weighted by Gasteiger charge is -2.32. The molecule has 0 aromatic heterocycles. The van der Waals surface area contributed by atoms with Crippen LogP contribution in [0.1, 0.15) is 32.6 Å². The SMILES string of the molecule is CCCN1CCC(NC(=O)C2CC(=O)N(c3ccccc3F)C2)CC1. The van der Waals surface area contributed by atoms with Gasteiger partial charge in [-0.05, 0) is 37.9 Å². The van der Waals surface area contributed by atoms with Gasteiger partial charge >= 0.3 is 0 Å². The molecule has 25 heavy (non-hydrogen) atoms. The molecule has 2 heterocycles. The summed E-state index contributed by atoms with van der Waals surface area (Å²) in [6.45, 7) is 5.54. The molecule has 136 valence electrons. The van der Waals surface area contributed by atoms with Gasteiger partial charge in [0.1, 0.15) is 5.82 Å². The van der Waals surface area contributed by atoms with Crippen LogP contribution in [-0.2, 0) is 9.59 Å². The van der Waals surface area contributed by atoms with Crippen LogP contribution in [0, 0.1) is 11.7 Å². The van der Waals surface area contributed by atoms with Crippen molar-refractivity contribution < 1.29 is 14.0 Å². The summed E-state index contributed by atoms with van der Waals surface area (Å²) in [5.74, 6) is -1.11. The number of benzene rings is 1. The third-order valence-corrected chi connectivity index (χ3v) is 5.11. The van der Waals surface area contributed by atoms with Gasteiger partial charge in [0, 0.05) is 32.1 Å². The van der Waals surface area contributed by atoms with Gasteiger partial charge in [-0.25, -0.2) is 4.39 Å². The summed E-state index contributed by atoms with van der Waals surface area (Å²) < 4.78 is 13.9. The van der Waals surface area contributed by atoms with Crippen LogP contribution in [-0.4, -0.2) is 48.9 Å². The van der Waals surface area contributed by atoms with E-state index in [-0.39, 0.29) is 36.5 Å². The van der Waals surface area contributed by atoms with Gasteiger partial charge in [-0.1, -0.05) is 19.1 Å². The number of rotatable bonds is 5. The fraction of sp³-hybridized carbons (Fsp3) is 0.579. The largest absolute Gasteiger partial charge is 0.353 e. The summed E-state index contributed by atoms with van der Waals surface area (Å²) in [5, 5.41) is 3.09. The minimum atomic E-state index is -0.430. The smallest absolute Gasteiger partial charge is 0.227 e. The Labute approximate surface area is 148 Å². The lowest BCUT2D eigenvalue weighted by molar-refractivity contribution is -0.127. The zero-order valence-corrected chi connectivity index (χ0v) is 14.7. The highest BCUT2D eigenvalue weighted by molar-refractivity contribution is 6.00. The van der Waals surface area contributed by atoms with Crippen LogP contribution < -0.4 is 10.2 Å². The number of hydrogen-bond acceptors (Lipinski definition) is 3. The van der Waals surface area contributed by atoms with Crippen LogP contribution in [0.4, 0.5) is 10.1 Å². The first kappa shape index (κ1) is 17.9. The van der Waals surface area contributed by atoms with Crippen LogP contribution in [0.5, 0.6) is 0 Å². The van der Waals surface area contributed by atoms with Crippen molar-refractivity contribution in [2.75, 3.05) is 31.1 Å². The molecule has 5 nitrogen and oxygen atoms in total. The van der Waals surface area contributed by atoms with Crippen LogP contribution in [0.3, 0.4) is 0 Å². The number of likely N-dealkylation sites (tertiary alicyclic amines) is 1.